The van der Waals surface area contributed by atoms with Gasteiger partial charge in [0.2, 0.25) is 5.91 Å². The van der Waals surface area contributed by atoms with E-state index in [0.29, 0.717) is 6.54 Å². The molecular formula is C17H20FN5O2. The quantitative estimate of drug-likeness (QED) is 0.796. The van der Waals surface area contributed by atoms with Gasteiger partial charge < -0.3 is 16.0 Å². The van der Waals surface area contributed by atoms with Gasteiger partial charge in [-0.2, -0.15) is 5.10 Å². The Kier molecular flexibility index (Phi) is 4.43. The molecule has 1 atom stereocenters. The zero-order valence-electron chi connectivity index (χ0n) is 14.1. The molecule has 0 aliphatic carbocycles. The van der Waals surface area contributed by atoms with E-state index >= 15 is 0 Å². The lowest BCUT2D eigenvalue weighted by Gasteiger charge is -2.25. The van der Waals surface area contributed by atoms with Gasteiger partial charge in [0, 0.05) is 23.4 Å². The molecule has 3 rings (SSSR count). The normalized spacial score (nSPS) is 16.9. The Labute approximate surface area is 144 Å². The fraction of sp³-hybridized carbons (Fsp3) is 0.353. The van der Waals surface area contributed by atoms with Crippen molar-refractivity contribution in [1.29, 1.82) is 0 Å². The standard InChI is InChI=1S/C17H20FN5O2/c1-9-15(10(2)22-21-9)14-4-3-7-23(14)17(25)20-13-6-5-11(16(19)24)8-12(13)18/h5-6,8,14H,3-4,7H2,1-2H3,(H2,19,24)(H,20,25)(H,21,22)/t14-/m1/s1. The summed E-state index contributed by atoms with van der Waals surface area (Å²) >= 11 is 0. The van der Waals surface area contributed by atoms with Crippen LogP contribution in [-0.2, 0) is 0 Å². The average Bonchev–Trinajstić information content (AvgIpc) is 3.15. The van der Waals surface area contributed by atoms with Crippen LogP contribution in [0.2, 0.25) is 0 Å². The van der Waals surface area contributed by atoms with Gasteiger partial charge in [-0.3, -0.25) is 9.89 Å². The van der Waals surface area contributed by atoms with Crippen LogP contribution < -0.4 is 11.1 Å². The van der Waals surface area contributed by atoms with Crippen molar-refractivity contribution in [2.75, 3.05) is 11.9 Å². The first-order valence-corrected chi connectivity index (χ1v) is 8.07. The largest absolute Gasteiger partial charge is 0.366 e. The van der Waals surface area contributed by atoms with Crippen LogP contribution >= 0.6 is 0 Å². The molecule has 0 saturated carbocycles. The summed E-state index contributed by atoms with van der Waals surface area (Å²) in [7, 11) is 0. The minimum atomic E-state index is -0.720. The van der Waals surface area contributed by atoms with Gasteiger partial charge in [-0.05, 0) is 44.9 Å². The van der Waals surface area contributed by atoms with Crippen LogP contribution in [0.25, 0.3) is 0 Å². The molecule has 132 valence electrons. The summed E-state index contributed by atoms with van der Waals surface area (Å²) in [5.74, 6) is -1.42. The molecule has 1 aliphatic heterocycles. The molecular weight excluding hydrogens is 325 g/mol. The van der Waals surface area contributed by atoms with Crippen LogP contribution in [0.15, 0.2) is 18.2 Å². The van der Waals surface area contributed by atoms with Gasteiger partial charge in [-0.15, -0.1) is 0 Å². The van der Waals surface area contributed by atoms with Crippen LogP contribution in [0.4, 0.5) is 14.9 Å². The second kappa shape index (κ2) is 6.54. The number of hydrogen-bond donors (Lipinski definition) is 3. The topological polar surface area (TPSA) is 104 Å². The maximum Gasteiger partial charge on any atom is 0.322 e. The van der Waals surface area contributed by atoms with Gasteiger partial charge in [-0.1, -0.05) is 0 Å². The third-order valence-electron chi connectivity index (χ3n) is 4.53. The summed E-state index contributed by atoms with van der Waals surface area (Å²) in [6.45, 7) is 4.41. The van der Waals surface area contributed by atoms with Gasteiger partial charge in [0.25, 0.3) is 0 Å². The lowest BCUT2D eigenvalue weighted by atomic mass is 10.0. The number of urea groups is 1. The highest BCUT2D eigenvalue weighted by Crippen LogP contribution is 2.35. The molecule has 0 radical (unpaired) electrons. The van der Waals surface area contributed by atoms with E-state index in [-0.39, 0.29) is 23.3 Å². The minimum Gasteiger partial charge on any atom is -0.366 e. The Morgan fingerprint density at radius 3 is 2.76 bits per heavy atom. The maximum atomic E-state index is 14.1. The van der Waals surface area contributed by atoms with E-state index in [0.717, 1.165) is 35.9 Å². The van der Waals surface area contributed by atoms with E-state index in [1.165, 1.54) is 12.1 Å². The summed E-state index contributed by atoms with van der Waals surface area (Å²) in [6.07, 6.45) is 1.70. The number of halogens is 1. The van der Waals surface area contributed by atoms with Crippen LogP contribution in [0.3, 0.4) is 0 Å². The third-order valence-corrected chi connectivity index (χ3v) is 4.53. The third kappa shape index (κ3) is 3.19. The summed E-state index contributed by atoms with van der Waals surface area (Å²) in [5, 5.41) is 9.71. The molecule has 0 unspecified atom stereocenters. The predicted molar refractivity (Wildman–Crippen MR) is 90.7 cm³/mol. The summed E-state index contributed by atoms with van der Waals surface area (Å²) < 4.78 is 14.1. The Bertz CT molecular complexity index is 813. The van der Waals surface area contributed by atoms with Crippen molar-refractivity contribution in [3.63, 3.8) is 0 Å². The molecule has 1 aromatic carbocycles. The van der Waals surface area contributed by atoms with Gasteiger partial charge in [0.1, 0.15) is 5.82 Å². The molecule has 3 amide bonds. The summed E-state index contributed by atoms with van der Waals surface area (Å²) in [4.78, 5) is 25.4. The molecule has 7 nitrogen and oxygen atoms in total. The number of carbonyl (C=O) groups is 2. The van der Waals surface area contributed by atoms with Crippen molar-refractivity contribution >= 4 is 17.6 Å². The zero-order valence-corrected chi connectivity index (χ0v) is 14.1. The minimum absolute atomic E-state index is 0.0151. The number of nitrogens with zero attached hydrogens (tertiary/aromatic N) is 2. The Hall–Kier alpha value is -2.90. The fourth-order valence-electron chi connectivity index (χ4n) is 3.32. The molecule has 2 heterocycles. The molecule has 4 N–H and O–H groups in total. The van der Waals surface area contributed by atoms with Crippen molar-refractivity contribution in [2.24, 2.45) is 5.73 Å². The Morgan fingerprint density at radius 2 is 2.16 bits per heavy atom. The highest BCUT2D eigenvalue weighted by molar-refractivity contribution is 5.94. The fourth-order valence-corrected chi connectivity index (χ4v) is 3.32. The number of rotatable bonds is 3. The smallest absolute Gasteiger partial charge is 0.322 e. The lowest BCUT2D eigenvalue weighted by Crippen LogP contribution is -2.35. The first-order valence-electron chi connectivity index (χ1n) is 8.07. The summed E-state index contributed by atoms with van der Waals surface area (Å²) in [5.41, 5.74) is 8.00. The molecule has 1 aliphatic rings. The first kappa shape index (κ1) is 16.9. The van der Waals surface area contributed by atoms with Crippen LogP contribution in [0.1, 0.15) is 46.2 Å². The van der Waals surface area contributed by atoms with Crippen LogP contribution in [-0.4, -0.2) is 33.6 Å². The number of likely N-dealkylation sites (tertiary alicyclic amines) is 1. The number of aromatic nitrogens is 2. The van der Waals surface area contributed by atoms with Crippen LogP contribution in [0, 0.1) is 19.7 Å². The van der Waals surface area contributed by atoms with E-state index in [2.05, 4.69) is 15.5 Å². The molecule has 0 spiro atoms. The Balaban J connectivity index is 1.80. The van der Waals surface area contributed by atoms with E-state index in [1.54, 1.807) is 4.90 Å². The van der Waals surface area contributed by atoms with E-state index in [1.807, 2.05) is 13.8 Å². The van der Waals surface area contributed by atoms with Crippen molar-refractivity contribution < 1.29 is 14.0 Å². The van der Waals surface area contributed by atoms with Gasteiger partial charge >= 0.3 is 6.03 Å². The number of anilines is 1. The Morgan fingerprint density at radius 1 is 1.40 bits per heavy atom. The van der Waals surface area contributed by atoms with E-state index < -0.39 is 11.7 Å². The molecule has 8 heteroatoms. The molecule has 1 aromatic heterocycles. The van der Waals surface area contributed by atoms with Gasteiger partial charge in [0.05, 0.1) is 17.4 Å². The summed E-state index contributed by atoms with van der Waals surface area (Å²) in [6, 6.07) is 3.27. The maximum absolute atomic E-state index is 14.1. The number of aromatic amines is 1. The number of benzene rings is 1. The van der Waals surface area contributed by atoms with E-state index in [9.17, 15) is 14.0 Å². The van der Waals surface area contributed by atoms with Crippen molar-refractivity contribution in [1.82, 2.24) is 15.1 Å². The van der Waals surface area contributed by atoms with Gasteiger partial charge in [-0.25, -0.2) is 9.18 Å². The number of aryl methyl sites for hydroxylation is 2. The number of amides is 3. The zero-order chi connectivity index (χ0) is 18.1. The van der Waals surface area contributed by atoms with Crippen molar-refractivity contribution in [2.45, 2.75) is 32.7 Å². The predicted octanol–water partition coefficient (Wildman–Crippen LogP) is 2.63. The molecule has 2 aromatic rings. The monoisotopic (exact) mass is 345 g/mol. The number of nitrogens with one attached hydrogen (secondary N) is 2. The number of carbonyl (C=O) groups excluding carboxylic acids is 2. The lowest BCUT2D eigenvalue weighted by molar-refractivity contribution is 0.1000. The first-order chi connectivity index (χ1) is 11.9. The molecule has 1 saturated heterocycles. The van der Waals surface area contributed by atoms with Crippen LogP contribution in [0.5, 0.6) is 0 Å². The molecule has 25 heavy (non-hydrogen) atoms. The number of H-pyrrole nitrogens is 1. The number of hydrogen-bond acceptors (Lipinski definition) is 3. The number of primary amides is 1. The highest BCUT2D eigenvalue weighted by Gasteiger charge is 2.33. The second-order valence-corrected chi connectivity index (χ2v) is 6.19. The molecule has 0 bridgehead atoms. The van der Waals surface area contributed by atoms with Crippen molar-refractivity contribution in [3.8, 4) is 0 Å². The van der Waals surface area contributed by atoms with E-state index in [4.69, 9.17) is 5.73 Å². The number of nitrogens with two attached hydrogens (primary N) is 1. The molecule has 1 fully saturated rings. The van der Waals surface area contributed by atoms with Gasteiger partial charge in [0.15, 0.2) is 0 Å². The average molecular weight is 345 g/mol. The SMILES string of the molecule is Cc1n[nH]c(C)c1[C@H]1CCCN1C(=O)Nc1ccc(C(N)=O)cc1F. The van der Waals surface area contributed by atoms with Crippen molar-refractivity contribution in [3.05, 3.63) is 46.5 Å². The highest BCUT2D eigenvalue weighted by atomic mass is 19.1. The second-order valence-electron chi connectivity index (χ2n) is 6.19.